The summed E-state index contributed by atoms with van der Waals surface area (Å²) in [7, 11) is 1.41. The van der Waals surface area contributed by atoms with E-state index in [-0.39, 0.29) is 17.7 Å². The zero-order valence-corrected chi connectivity index (χ0v) is 15.2. The van der Waals surface area contributed by atoms with Crippen LogP contribution in [-0.2, 0) is 4.79 Å². The summed E-state index contributed by atoms with van der Waals surface area (Å²) in [6, 6.07) is 10.2. The van der Waals surface area contributed by atoms with Gasteiger partial charge in [-0.3, -0.25) is 4.79 Å². The van der Waals surface area contributed by atoms with Crippen LogP contribution in [-0.4, -0.2) is 18.8 Å². The zero-order chi connectivity index (χ0) is 17.8. The third-order valence-corrected chi connectivity index (χ3v) is 5.29. The zero-order valence-electron chi connectivity index (χ0n) is 13.6. The second-order valence-electron chi connectivity index (χ2n) is 5.61. The van der Waals surface area contributed by atoms with Gasteiger partial charge >= 0.3 is 0 Å². The van der Waals surface area contributed by atoms with E-state index in [2.05, 4.69) is 5.32 Å². The summed E-state index contributed by atoms with van der Waals surface area (Å²) in [5.41, 5.74) is 1.64. The second kappa shape index (κ2) is 7.93. The van der Waals surface area contributed by atoms with E-state index in [0.29, 0.717) is 10.6 Å². The Morgan fingerprint density at radius 2 is 2.20 bits per heavy atom. The molecule has 6 heteroatoms. The summed E-state index contributed by atoms with van der Waals surface area (Å²) in [4.78, 5) is 13.4. The quantitative estimate of drug-likeness (QED) is 0.774. The van der Waals surface area contributed by atoms with Gasteiger partial charge in [0.1, 0.15) is 0 Å². The van der Waals surface area contributed by atoms with Gasteiger partial charge in [-0.15, -0.1) is 11.8 Å². The maximum Gasteiger partial charge on any atom is 0.244 e. The van der Waals surface area contributed by atoms with E-state index in [9.17, 15) is 9.18 Å². The van der Waals surface area contributed by atoms with Crippen LogP contribution in [0.1, 0.15) is 23.6 Å². The van der Waals surface area contributed by atoms with Crippen molar-refractivity contribution >= 4 is 35.3 Å². The third-order valence-electron chi connectivity index (χ3n) is 3.93. The Bertz CT molecular complexity index is 825. The van der Waals surface area contributed by atoms with Gasteiger partial charge in [-0.05, 0) is 54.0 Å². The lowest BCUT2D eigenvalue weighted by molar-refractivity contribution is -0.117. The molecule has 25 heavy (non-hydrogen) atoms. The van der Waals surface area contributed by atoms with Crippen molar-refractivity contribution in [2.75, 3.05) is 12.9 Å². The number of thioether (sulfide) groups is 1. The fourth-order valence-corrected chi connectivity index (χ4v) is 3.98. The van der Waals surface area contributed by atoms with Crippen molar-refractivity contribution in [3.63, 3.8) is 0 Å². The van der Waals surface area contributed by atoms with Crippen molar-refractivity contribution in [1.82, 2.24) is 5.32 Å². The number of rotatable bonds is 4. The highest BCUT2D eigenvalue weighted by atomic mass is 35.5. The van der Waals surface area contributed by atoms with Crippen LogP contribution in [0.5, 0.6) is 5.75 Å². The van der Waals surface area contributed by atoms with Crippen molar-refractivity contribution in [3.05, 3.63) is 64.4 Å². The van der Waals surface area contributed by atoms with Crippen LogP contribution in [0, 0.1) is 5.82 Å². The number of hydrogen-bond donors (Lipinski definition) is 1. The predicted octanol–water partition coefficient (Wildman–Crippen LogP) is 4.85. The standard InChI is InChI=1S/C19H17ClFNO2S/c1-24-17-5-2-12(10-15(17)21)3-7-19(23)22-16-8-9-25-18-6-4-13(20)11-14(16)18/h2-7,10-11,16H,8-9H2,1H3,(H,22,23)/b7-3+. The van der Waals surface area contributed by atoms with Crippen molar-refractivity contribution in [2.24, 2.45) is 0 Å². The first-order valence-corrected chi connectivity index (χ1v) is 9.17. The summed E-state index contributed by atoms with van der Waals surface area (Å²) in [6.45, 7) is 0. The van der Waals surface area contributed by atoms with Gasteiger partial charge in [-0.1, -0.05) is 17.7 Å². The molecule has 2 aromatic rings. The van der Waals surface area contributed by atoms with Gasteiger partial charge in [0, 0.05) is 21.7 Å². The van der Waals surface area contributed by atoms with Crippen molar-refractivity contribution < 1.29 is 13.9 Å². The number of carbonyl (C=O) groups is 1. The molecule has 1 aliphatic rings. The highest BCUT2D eigenvalue weighted by molar-refractivity contribution is 7.99. The highest BCUT2D eigenvalue weighted by Crippen LogP contribution is 2.37. The molecule has 0 saturated carbocycles. The van der Waals surface area contributed by atoms with Gasteiger partial charge in [0.05, 0.1) is 13.2 Å². The Labute approximate surface area is 155 Å². The van der Waals surface area contributed by atoms with Crippen LogP contribution >= 0.6 is 23.4 Å². The van der Waals surface area contributed by atoms with E-state index in [1.54, 1.807) is 23.9 Å². The lowest BCUT2D eigenvalue weighted by Gasteiger charge is -2.25. The fourth-order valence-electron chi connectivity index (χ4n) is 2.69. The molecule has 0 fully saturated rings. The van der Waals surface area contributed by atoms with Crippen LogP contribution in [0.2, 0.25) is 5.02 Å². The average Bonchev–Trinajstić information content (AvgIpc) is 2.60. The Balaban J connectivity index is 1.69. The van der Waals surface area contributed by atoms with E-state index in [1.807, 2.05) is 18.2 Å². The minimum Gasteiger partial charge on any atom is -0.494 e. The monoisotopic (exact) mass is 377 g/mol. The fraction of sp³-hybridized carbons (Fsp3) is 0.211. The van der Waals surface area contributed by atoms with Crippen LogP contribution < -0.4 is 10.1 Å². The van der Waals surface area contributed by atoms with E-state index < -0.39 is 5.82 Å². The van der Waals surface area contributed by atoms with E-state index in [1.165, 1.54) is 25.3 Å². The molecule has 0 aromatic heterocycles. The number of benzene rings is 2. The Hall–Kier alpha value is -1.98. The molecule has 0 bridgehead atoms. The van der Waals surface area contributed by atoms with Gasteiger partial charge in [0.2, 0.25) is 5.91 Å². The van der Waals surface area contributed by atoms with Gasteiger partial charge in [0.25, 0.3) is 0 Å². The molecule has 0 radical (unpaired) electrons. The smallest absolute Gasteiger partial charge is 0.244 e. The molecule has 0 aliphatic carbocycles. The highest BCUT2D eigenvalue weighted by Gasteiger charge is 2.21. The molecule has 1 amide bonds. The normalized spacial score (nSPS) is 16.5. The second-order valence-corrected chi connectivity index (χ2v) is 7.18. The lowest BCUT2D eigenvalue weighted by Crippen LogP contribution is -2.29. The number of halogens is 2. The maximum atomic E-state index is 13.7. The molecule has 1 aliphatic heterocycles. The molecule has 0 saturated heterocycles. The molecule has 1 heterocycles. The van der Waals surface area contributed by atoms with E-state index in [4.69, 9.17) is 16.3 Å². The lowest BCUT2D eigenvalue weighted by atomic mass is 10.0. The van der Waals surface area contributed by atoms with Crippen molar-refractivity contribution in [3.8, 4) is 5.75 Å². The van der Waals surface area contributed by atoms with Gasteiger partial charge in [-0.2, -0.15) is 0 Å². The Morgan fingerprint density at radius 1 is 1.36 bits per heavy atom. The summed E-state index contributed by atoms with van der Waals surface area (Å²) < 4.78 is 18.6. The number of amides is 1. The number of hydrogen-bond acceptors (Lipinski definition) is 3. The molecular weight excluding hydrogens is 361 g/mol. The molecule has 3 rings (SSSR count). The Morgan fingerprint density at radius 3 is 2.96 bits per heavy atom. The summed E-state index contributed by atoms with van der Waals surface area (Å²) in [5, 5.41) is 3.65. The first-order chi connectivity index (χ1) is 12.1. The van der Waals surface area contributed by atoms with E-state index >= 15 is 0 Å². The maximum absolute atomic E-state index is 13.7. The number of nitrogens with one attached hydrogen (secondary N) is 1. The Kier molecular flexibility index (Phi) is 5.66. The van der Waals surface area contributed by atoms with Gasteiger partial charge < -0.3 is 10.1 Å². The van der Waals surface area contributed by atoms with Crippen molar-refractivity contribution in [2.45, 2.75) is 17.4 Å². The molecule has 1 N–H and O–H groups in total. The van der Waals surface area contributed by atoms with Crippen LogP contribution in [0.15, 0.2) is 47.4 Å². The first kappa shape index (κ1) is 17.8. The van der Waals surface area contributed by atoms with E-state index in [0.717, 1.165) is 22.6 Å². The summed E-state index contributed by atoms with van der Waals surface area (Å²) in [6.07, 6.45) is 3.83. The number of methoxy groups -OCH3 is 1. The topological polar surface area (TPSA) is 38.3 Å². The molecule has 1 unspecified atom stereocenters. The molecule has 0 spiro atoms. The molecular formula is C19H17ClFNO2S. The number of fused-ring (bicyclic) bond motifs is 1. The third kappa shape index (κ3) is 4.35. The van der Waals surface area contributed by atoms with Crippen LogP contribution in [0.25, 0.3) is 6.08 Å². The minimum atomic E-state index is -0.460. The minimum absolute atomic E-state index is 0.0697. The number of ether oxygens (including phenoxy) is 1. The summed E-state index contributed by atoms with van der Waals surface area (Å²) in [5.74, 6) is 0.430. The van der Waals surface area contributed by atoms with Crippen molar-refractivity contribution in [1.29, 1.82) is 0 Å². The van der Waals surface area contributed by atoms with Gasteiger partial charge in [-0.25, -0.2) is 4.39 Å². The molecule has 130 valence electrons. The molecule has 1 atom stereocenters. The van der Waals surface area contributed by atoms with Crippen LogP contribution in [0.3, 0.4) is 0 Å². The number of carbonyl (C=O) groups excluding carboxylic acids is 1. The predicted molar refractivity (Wildman–Crippen MR) is 99.7 cm³/mol. The molecule has 3 nitrogen and oxygen atoms in total. The van der Waals surface area contributed by atoms with Crippen LogP contribution in [0.4, 0.5) is 4.39 Å². The molecule has 2 aromatic carbocycles. The largest absolute Gasteiger partial charge is 0.494 e. The van der Waals surface area contributed by atoms with Gasteiger partial charge in [0.15, 0.2) is 11.6 Å². The summed E-state index contributed by atoms with van der Waals surface area (Å²) >= 11 is 7.84. The first-order valence-electron chi connectivity index (χ1n) is 7.81. The average molecular weight is 378 g/mol. The SMILES string of the molecule is COc1ccc(/C=C/C(=O)NC2CCSc3ccc(Cl)cc32)cc1F.